The molecule has 0 aliphatic carbocycles. The molecule has 0 N–H and O–H groups in total. The maximum Gasteiger partial charge on any atom is 0.573 e. The number of rotatable bonds is 3. The lowest BCUT2D eigenvalue weighted by Crippen LogP contribution is -2.17. The van der Waals surface area contributed by atoms with Gasteiger partial charge in [-0.3, -0.25) is 0 Å². The smallest absolute Gasteiger partial charge is 0.406 e. The fraction of sp³-hybridized carbons (Fsp3) is 0.333. The molecule has 1 aromatic carbocycles. The number of hydrogen-bond acceptors (Lipinski definition) is 2. The number of halogens is 4. The SMILES string of the molecule is CC(N=[N+]=[N-])c1ccc(OC(F)(F)F)cc1F. The molecule has 0 aliphatic heterocycles. The van der Waals surface area contributed by atoms with Gasteiger partial charge in [0.1, 0.15) is 11.6 Å². The molecule has 1 aromatic rings. The first-order valence-electron chi connectivity index (χ1n) is 4.43. The van der Waals surface area contributed by atoms with E-state index in [2.05, 4.69) is 14.8 Å². The summed E-state index contributed by atoms with van der Waals surface area (Å²) in [6.07, 6.45) is -4.87. The van der Waals surface area contributed by atoms with Crippen LogP contribution in [0.1, 0.15) is 18.5 Å². The Morgan fingerprint density at radius 3 is 2.53 bits per heavy atom. The second-order valence-corrected chi connectivity index (χ2v) is 3.11. The average Bonchev–Trinajstić information content (AvgIpc) is 2.15. The summed E-state index contributed by atoms with van der Waals surface area (Å²) >= 11 is 0. The van der Waals surface area contributed by atoms with Crippen molar-refractivity contribution in [2.45, 2.75) is 19.3 Å². The van der Waals surface area contributed by atoms with E-state index in [9.17, 15) is 17.6 Å². The number of ether oxygens (including phenoxy) is 1. The third kappa shape index (κ3) is 3.84. The van der Waals surface area contributed by atoms with Crippen LogP contribution in [-0.4, -0.2) is 6.36 Å². The molecule has 0 heterocycles. The predicted molar refractivity (Wildman–Crippen MR) is 50.6 cm³/mol. The molecular weight excluding hydrogens is 242 g/mol. The van der Waals surface area contributed by atoms with Gasteiger partial charge >= 0.3 is 6.36 Å². The van der Waals surface area contributed by atoms with E-state index in [4.69, 9.17) is 5.53 Å². The molecule has 1 unspecified atom stereocenters. The van der Waals surface area contributed by atoms with Crippen LogP contribution in [0.25, 0.3) is 10.4 Å². The van der Waals surface area contributed by atoms with Crippen molar-refractivity contribution < 1.29 is 22.3 Å². The summed E-state index contributed by atoms with van der Waals surface area (Å²) in [4.78, 5) is 2.48. The van der Waals surface area contributed by atoms with Crippen LogP contribution < -0.4 is 4.74 Å². The van der Waals surface area contributed by atoms with Gasteiger partial charge in [0.2, 0.25) is 0 Å². The van der Waals surface area contributed by atoms with Crippen molar-refractivity contribution in [2.75, 3.05) is 0 Å². The number of hydrogen-bond donors (Lipinski definition) is 0. The Labute approximate surface area is 93.4 Å². The maximum absolute atomic E-state index is 13.4. The van der Waals surface area contributed by atoms with Gasteiger partial charge in [0.25, 0.3) is 0 Å². The van der Waals surface area contributed by atoms with Crippen LogP contribution in [0, 0.1) is 5.82 Å². The van der Waals surface area contributed by atoms with Crippen LogP contribution >= 0.6 is 0 Å². The van der Waals surface area contributed by atoms with E-state index in [0.29, 0.717) is 6.07 Å². The molecule has 0 aromatic heterocycles. The number of azide groups is 1. The minimum absolute atomic E-state index is 0.00248. The fourth-order valence-corrected chi connectivity index (χ4v) is 1.18. The molecule has 0 fully saturated rings. The van der Waals surface area contributed by atoms with Crippen molar-refractivity contribution in [1.29, 1.82) is 0 Å². The first-order chi connectivity index (χ1) is 7.83. The summed E-state index contributed by atoms with van der Waals surface area (Å²) in [5.74, 6) is -1.58. The van der Waals surface area contributed by atoms with Crippen LogP contribution in [0.5, 0.6) is 5.75 Å². The highest BCUT2D eigenvalue weighted by Crippen LogP contribution is 2.27. The molecule has 0 saturated heterocycles. The van der Waals surface area contributed by atoms with Gasteiger partial charge in [0, 0.05) is 11.0 Å². The van der Waals surface area contributed by atoms with Crippen molar-refractivity contribution in [3.63, 3.8) is 0 Å². The Balaban J connectivity index is 2.97. The van der Waals surface area contributed by atoms with Gasteiger partial charge < -0.3 is 4.74 Å². The molecule has 0 spiro atoms. The fourth-order valence-electron chi connectivity index (χ4n) is 1.18. The van der Waals surface area contributed by atoms with Crippen LogP contribution in [0.3, 0.4) is 0 Å². The van der Waals surface area contributed by atoms with Crippen molar-refractivity contribution in [3.8, 4) is 5.75 Å². The first-order valence-corrected chi connectivity index (χ1v) is 4.43. The molecule has 8 heteroatoms. The lowest BCUT2D eigenvalue weighted by atomic mass is 10.1. The van der Waals surface area contributed by atoms with Crippen molar-refractivity contribution in [3.05, 3.63) is 40.0 Å². The van der Waals surface area contributed by atoms with Crippen molar-refractivity contribution >= 4 is 0 Å². The Kier molecular flexibility index (Phi) is 3.80. The summed E-state index contributed by atoms with van der Waals surface area (Å²) in [5, 5.41) is 3.24. The highest BCUT2D eigenvalue weighted by molar-refractivity contribution is 5.30. The second kappa shape index (κ2) is 4.92. The van der Waals surface area contributed by atoms with Gasteiger partial charge in [0.05, 0.1) is 6.04 Å². The summed E-state index contributed by atoms with van der Waals surface area (Å²) in [6, 6.07) is 1.82. The summed E-state index contributed by atoms with van der Waals surface area (Å²) in [7, 11) is 0. The Hall–Kier alpha value is -1.95. The van der Waals surface area contributed by atoms with Crippen LogP contribution in [0.15, 0.2) is 23.3 Å². The molecule has 0 radical (unpaired) electrons. The van der Waals surface area contributed by atoms with E-state index >= 15 is 0 Å². The monoisotopic (exact) mass is 249 g/mol. The lowest BCUT2D eigenvalue weighted by Gasteiger charge is -2.11. The summed E-state index contributed by atoms with van der Waals surface area (Å²) in [6.45, 7) is 1.42. The average molecular weight is 249 g/mol. The molecule has 1 atom stereocenters. The highest BCUT2D eigenvalue weighted by Gasteiger charge is 2.31. The zero-order valence-electron chi connectivity index (χ0n) is 8.57. The molecular formula is C9H7F4N3O. The van der Waals surface area contributed by atoms with Gasteiger partial charge in [-0.05, 0) is 17.2 Å². The minimum Gasteiger partial charge on any atom is -0.406 e. The Morgan fingerprint density at radius 2 is 2.06 bits per heavy atom. The third-order valence-electron chi connectivity index (χ3n) is 1.88. The van der Waals surface area contributed by atoms with E-state index < -0.39 is 24.0 Å². The molecule has 0 aliphatic rings. The largest absolute Gasteiger partial charge is 0.573 e. The molecule has 92 valence electrons. The van der Waals surface area contributed by atoms with E-state index in [-0.39, 0.29) is 5.56 Å². The Bertz CT molecular complexity index is 454. The number of alkyl halides is 3. The zero-order chi connectivity index (χ0) is 13.1. The van der Waals surface area contributed by atoms with E-state index in [1.54, 1.807) is 0 Å². The van der Waals surface area contributed by atoms with Gasteiger partial charge in [-0.15, -0.1) is 13.2 Å². The van der Waals surface area contributed by atoms with E-state index in [1.165, 1.54) is 6.92 Å². The van der Waals surface area contributed by atoms with Crippen LogP contribution in [0.2, 0.25) is 0 Å². The maximum atomic E-state index is 13.4. The summed E-state index contributed by atoms with van der Waals surface area (Å²) < 4.78 is 52.4. The number of nitrogens with zero attached hydrogens (tertiary/aromatic N) is 3. The predicted octanol–water partition coefficient (Wildman–Crippen LogP) is 4.10. The first kappa shape index (κ1) is 13.1. The van der Waals surface area contributed by atoms with E-state index in [0.717, 1.165) is 12.1 Å². The Morgan fingerprint density at radius 1 is 1.41 bits per heavy atom. The molecule has 0 saturated carbocycles. The lowest BCUT2D eigenvalue weighted by molar-refractivity contribution is -0.274. The van der Waals surface area contributed by atoms with Crippen LogP contribution in [-0.2, 0) is 0 Å². The zero-order valence-corrected chi connectivity index (χ0v) is 8.57. The number of benzene rings is 1. The van der Waals surface area contributed by atoms with Crippen molar-refractivity contribution in [2.24, 2.45) is 5.11 Å². The molecule has 1 rings (SSSR count). The van der Waals surface area contributed by atoms with E-state index in [1.807, 2.05) is 0 Å². The normalized spacial score (nSPS) is 12.8. The quantitative estimate of drug-likeness (QED) is 0.344. The van der Waals surface area contributed by atoms with Gasteiger partial charge in [0.15, 0.2) is 0 Å². The highest BCUT2D eigenvalue weighted by atomic mass is 19.4. The molecule has 0 amide bonds. The van der Waals surface area contributed by atoms with Gasteiger partial charge in [-0.1, -0.05) is 18.1 Å². The van der Waals surface area contributed by atoms with Gasteiger partial charge in [-0.2, -0.15) is 0 Å². The third-order valence-corrected chi connectivity index (χ3v) is 1.88. The van der Waals surface area contributed by atoms with Gasteiger partial charge in [-0.25, -0.2) is 4.39 Å². The second-order valence-electron chi connectivity index (χ2n) is 3.11. The van der Waals surface area contributed by atoms with Crippen LogP contribution in [0.4, 0.5) is 17.6 Å². The molecule has 0 bridgehead atoms. The van der Waals surface area contributed by atoms with Crippen molar-refractivity contribution in [1.82, 2.24) is 0 Å². The summed E-state index contributed by atoms with van der Waals surface area (Å²) in [5.41, 5.74) is 8.16. The topological polar surface area (TPSA) is 58.0 Å². The molecule has 4 nitrogen and oxygen atoms in total. The minimum atomic E-state index is -4.87. The standard InChI is InChI=1S/C9H7F4N3O/c1-5(15-16-14)7-3-2-6(4-8(7)10)17-9(11,12)13/h2-5H,1H3. The molecule has 17 heavy (non-hydrogen) atoms.